The predicted octanol–water partition coefficient (Wildman–Crippen LogP) is 3.13. The van der Waals surface area contributed by atoms with Crippen LogP contribution >= 0.6 is 0 Å². The summed E-state index contributed by atoms with van der Waals surface area (Å²) in [7, 11) is 1.53. The molecule has 2 aromatic rings. The second-order valence-corrected chi connectivity index (χ2v) is 5.32. The molecular weight excluding hydrogens is 280 g/mol. The van der Waals surface area contributed by atoms with Crippen molar-refractivity contribution in [1.29, 1.82) is 0 Å². The van der Waals surface area contributed by atoms with Crippen molar-refractivity contribution < 1.29 is 19.4 Å². The van der Waals surface area contributed by atoms with Crippen LogP contribution in [-0.2, 0) is 6.42 Å². The number of aromatic hydroxyl groups is 1. The number of aryl methyl sites for hydroxylation is 1. The van der Waals surface area contributed by atoms with Crippen LogP contribution in [0.25, 0.3) is 0 Å². The maximum Gasteiger partial charge on any atom is 0.198 e. The van der Waals surface area contributed by atoms with Crippen LogP contribution in [0.3, 0.4) is 0 Å². The fourth-order valence-corrected chi connectivity index (χ4v) is 2.94. The summed E-state index contributed by atoms with van der Waals surface area (Å²) >= 11 is 0. The summed E-state index contributed by atoms with van der Waals surface area (Å²) in [5, 5.41) is 9.99. The molecule has 1 aliphatic carbocycles. The maximum absolute atomic E-state index is 12.8. The number of hydrogen-bond donors (Lipinski definition) is 1. The van der Waals surface area contributed by atoms with Gasteiger partial charge in [0.05, 0.1) is 12.7 Å². The highest BCUT2D eigenvalue weighted by atomic mass is 16.5. The molecular formula is C18H16O4. The standard InChI is InChI=1S/C18H16O4/c1-3-5-10-8-11(22-2)9-13-15(10)18(21)16-12(17(13)20)6-4-7-14(16)19/h4,6-9,19H,3,5H2,1-2H3. The molecule has 112 valence electrons. The molecule has 0 heterocycles. The lowest BCUT2D eigenvalue weighted by atomic mass is 9.80. The van der Waals surface area contributed by atoms with Gasteiger partial charge in [-0.2, -0.15) is 0 Å². The fraction of sp³-hybridized carbons (Fsp3) is 0.222. The van der Waals surface area contributed by atoms with Gasteiger partial charge in [-0.1, -0.05) is 25.5 Å². The summed E-state index contributed by atoms with van der Waals surface area (Å²) in [4.78, 5) is 25.5. The van der Waals surface area contributed by atoms with Gasteiger partial charge in [-0.3, -0.25) is 9.59 Å². The lowest BCUT2D eigenvalue weighted by Crippen LogP contribution is -2.23. The lowest BCUT2D eigenvalue weighted by Gasteiger charge is -2.21. The average Bonchev–Trinajstić information content (AvgIpc) is 2.52. The topological polar surface area (TPSA) is 63.6 Å². The molecule has 0 spiro atoms. The number of hydrogen-bond acceptors (Lipinski definition) is 4. The van der Waals surface area contributed by atoms with Crippen molar-refractivity contribution >= 4 is 11.6 Å². The Bertz CT molecular complexity index is 790. The number of benzene rings is 2. The van der Waals surface area contributed by atoms with Crippen LogP contribution in [0.4, 0.5) is 0 Å². The number of phenols is 1. The Morgan fingerprint density at radius 1 is 1.05 bits per heavy atom. The van der Waals surface area contributed by atoms with E-state index in [9.17, 15) is 14.7 Å². The molecule has 0 amide bonds. The first-order valence-corrected chi connectivity index (χ1v) is 7.20. The molecule has 3 rings (SSSR count). The van der Waals surface area contributed by atoms with E-state index in [1.165, 1.54) is 13.2 Å². The summed E-state index contributed by atoms with van der Waals surface area (Å²) < 4.78 is 5.25. The van der Waals surface area contributed by atoms with E-state index in [4.69, 9.17) is 4.74 Å². The first-order valence-electron chi connectivity index (χ1n) is 7.20. The Kier molecular flexibility index (Phi) is 3.45. The summed E-state index contributed by atoms with van der Waals surface area (Å²) in [6.07, 6.45) is 1.51. The van der Waals surface area contributed by atoms with E-state index in [0.29, 0.717) is 23.3 Å². The van der Waals surface area contributed by atoms with Crippen LogP contribution in [0.5, 0.6) is 11.5 Å². The zero-order valence-electron chi connectivity index (χ0n) is 12.5. The van der Waals surface area contributed by atoms with Gasteiger partial charge in [-0.05, 0) is 30.2 Å². The van der Waals surface area contributed by atoms with Crippen molar-refractivity contribution in [1.82, 2.24) is 0 Å². The number of ketones is 2. The van der Waals surface area contributed by atoms with Gasteiger partial charge in [0.15, 0.2) is 11.6 Å². The second kappa shape index (κ2) is 5.30. The van der Waals surface area contributed by atoms with E-state index in [-0.39, 0.29) is 28.4 Å². The van der Waals surface area contributed by atoms with Crippen molar-refractivity contribution in [2.24, 2.45) is 0 Å². The zero-order chi connectivity index (χ0) is 15.9. The van der Waals surface area contributed by atoms with Crippen molar-refractivity contribution in [3.63, 3.8) is 0 Å². The first kappa shape index (κ1) is 14.3. The number of phenolic OH excluding ortho intramolecular Hbond substituents is 1. The minimum atomic E-state index is -0.297. The van der Waals surface area contributed by atoms with Crippen molar-refractivity contribution in [3.8, 4) is 11.5 Å². The van der Waals surface area contributed by atoms with Gasteiger partial charge in [0.25, 0.3) is 0 Å². The predicted molar refractivity (Wildman–Crippen MR) is 82.0 cm³/mol. The van der Waals surface area contributed by atoms with E-state index < -0.39 is 0 Å². The number of carbonyl (C=O) groups is 2. The maximum atomic E-state index is 12.8. The van der Waals surface area contributed by atoms with Crippen LogP contribution in [-0.4, -0.2) is 23.8 Å². The summed E-state index contributed by atoms with van der Waals surface area (Å²) in [5.74, 6) is -0.141. The van der Waals surface area contributed by atoms with Crippen LogP contribution in [0.15, 0.2) is 30.3 Å². The monoisotopic (exact) mass is 296 g/mol. The van der Waals surface area contributed by atoms with Crippen LogP contribution in [0, 0.1) is 0 Å². The molecule has 1 N–H and O–H groups in total. The highest BCUT2D eigenvalue weighted by molar-refractivity contribution is 6.29. The quantitative estimate of drug-likeness (QED) is 0.806. The molecule has 4 heteroatoms. The molecule has 0 unspecified atom stereocenters. The van der Waals surface area contributed by atoms with Gasteiger partial charge in [0, 0.05) is 16.7 Å². The van der Waals surface area contributed by atoms with E-state index in [1.807, 2.05) is 6.92 Å². The molecule has 0 atom stereocenters. The number of carbonyl (C=O) groups excluding carboxylic acids is 2. The third kappa shape index (κ3) is 1.99. The molecule has 0 aliphatic heterocycles. The molecule has 0 saturated carbocycles. The number of ether oxygens (including phenoxy) is 1. The van der Waals surface area contributed by atoms with E-state index >= 15 is 0 Å². The van der Waals surface area contributed by atoms with Gasteiger partial charge in [0.2, 0.25) is 0 Å². The summed E-state index contributed by atoms with van der Waals surface area (Å²) in [6.45, 7) is 2.01. The summed E-state index contributed by atoms with van der Waals surface area (Å²) in [6, 6.07) is 7.95. The molecule has 0 saturated heterocycles. The Labute approximate surface area is 128 Å². The third-order valence-corrected chi connectivity index (χ3v) is 3.93. The van der Waals surface area contributed by atoms with Crippen LogP contribution in [0.1, 0.15) is 50.8 Å². The molecule has 22 heavy (non-hydrogen) atoms. The number of fused-ring (bicyclic) bond motifs is 2. The van der Waals surface area contributed by atoms with Gasteiger partial charge >= 0.3 is 0 Å². The molecule has 1 aliphatic rings. The molecule has 0 fully saturated rings. The fourth-order valence-electron chi connectivity index (χ4n) is 2.94. The highest BCUT2D eigenvalue weighted by Crippen LogP contribution is 2.36. The zero-order valence-corrected chi connectivity index (χ0v) is 12.5. The van der Waals surface area contributed by atoms with Gasteiger partial charge in [-0.15, -0.1) is 0 Å². The second-order valence-electron chi connectivity index (χ2n) is 5.32. The van der Waals surface area contributed by atoms with Crippen LogP contribution in [0.2, 0.25) is 0 Å². The minimum absolute atomic E-state index is 0.0996. The molecule has 2 aromatic carbocycles. The third-order valence-electron chi connectivity index (χ3n) is 3.93. The average molecular weight is 296 g/mol. The lowest BCUT2D eigenvalue weighted by molar-refractivity contribution is 0.0975. The van der Waals surface area contributed by atoms with Crippen LogP contribution < -0.4 is 4.74 Å². The normalized spacial score (nSPS) is 12.8. The van der Waals surface area contributed by atoms with Crippen molar-refractivity contribution in [2.75, 3.05) is 7.11 Å². The van der Waals surface area contributed by atoms with Gasteiger partial charge in [-0.25, -0.2) is 0 Å². The van der Waals surface area contributed by atoms with Crippen molar-refractivity contribution in [2.45, 2.75) is 19.8 Å². The first-order chi connectivity index (χ1) is 10.6. The Balaban J connectivity index is 2.31. The Hall–Kier alpha value is -2.62. The smallest absolute Gasteiger partial charge is 0.198 e. The number of methoxy groups -OCH3 is 1. The van der Waals surface area contributed by atoms with E-state index in [1.54, 1.807) is 24.3 Å². The Morgan fingerprint density at radius 2 is 1.82 bits per heavy atom. The Morgan fingerprint density at radius 3 is 2.50 bits per heavy atom. The SMILES string of the molecule is CCCc1cc(OC)cc2c1C(=O)c1c(O)cccc1C2=O. The summed E-state index contributed by atoms with van der Waals surface area (Å²) in [5.41, 5.74) is 1.87. The van der Waals surface area contributed by atoms with Gasteiger partial charge in [0.1, 0.15) is 11.5 Å². The molecule has 0 radical (unpaired) electrons. The van der Waals surface area contributed by atoms with Crippen molar-refractivity contribution in [3.05, 3.63) is 58.1 Å². The largest absolute Gasteiger partial charge is 0.507 e. The molecule has 4 nitrogen and oxygen atoms in total. The van der Waals surface area contributed by atoms with E-state index in [2.05, 4.69) is 0 Å². The number of rotatable bonds is 3. The molecule has 0 bridgehead atoms. The van der Waals surface area contributed by atoms with Gasteiger partial charge < -0.3 is 9.84 Å². The highest BCUT2D eigenvalue weighted by Gasteiger charge is 2.34. The minimum Gasteiger partial charge on any atom is -0.507 e. The van der Waals surface area contributed by atoms with E-state index in [0.717, 1.165) is 12.0 Å². The molecule has 0 aromatic heterocycles.